The number of aryl methyl sites for hydroxylation is 1. The van der Waals surface area contributed by atoms with Gasteiger partial charge in [0, 0.05) is 30.2 Å². The van der Waals surface area contributed by atoms with Gasteiger partial charge >= 0.3 is 0 Å². The number of aromatic nitrogens is 1. The van der Waals surface area contributed by atoms with Gasteiger partial charge in [-0.3, -0.25) is 4.79 Å². The van der Waals surface area contributed by atoms with Gasteiger partial charge in [0.05, 0.1) is 17.3 Å². The number of nitrogens with zero attached hydrogens (tertiary/aromatic N) is 3. The average Bonchev–Trinajstić information content (AvgIpc) is 3.36. The monoisotopic (exact) mass is 505 g/mol. The fourth-order valence-electron chi connectivity index (χ4n) is 4.54. The van der Waals surface area contributed by atoms with Crippen molar-refractivity contribution in [1.29, 1.82) is 5.26 Å². The third-order valence-electron chi connectivity index (χ3n) is 6.62. The number of oxime groups is 1. The Morgan fingerprint density at radius 3 is 2.54 bits per heavy atom. The molecule has 0 fully saturated rings. The van der Waals surface area contributed by atoms with Crippen molar-refractivity contribution >= 4 is 23.1 Å². The number of carbonyl (C=O) groups excluding carboxylic acids is 1. The maximum Gasteiger partial charge on any atom is 0.165 e. The molecular weight excluding hydrogens is 482 g/mol. The second-order valence-electron chi connectivity index (χ2n) is 9.27. The van der Waals surface area contributed by atoms with Gasteiger partial charge in [-0.05, 0) is 65.9 Å². The number of hydrogen-bond acceptors (Lipinski definition) is 5. The summed E-state index contributed by atoms with van der Waals surface area (Å²) >= 11 is 5.89. The number of pyridine rings is 1. The third-order valence-corrected chi connectivity index (χ3v) is 6.85. The van der Waals surface area contributed by atoms with Gasteiger partial charge in [0.25, 0.3) is 0 Å². The third kappa shape index (κ3) is 5.30. The normalized spacial score (nSPS) is 16.5. The zero-order valence-corrected chi connectivity index (χ0v) is 21.1. The van der Waals surface area contributed by atoms with E-state index in [1.807, 2.05) is 79.7 Å². The second kappa shape index (κ2) is 10.4. The molecule has 37 heavy (non-hydrogen) atoms. The smallest absolute Gasteiger partial charge is 0.165 e. The molecule has 5 rings (SSSR count). The van der Waals surface area contributed by atoms with Crippen molar-refractivity contribution in [1.82, 2.24) is 4.98 Å². The van der Waals surface area contributed by atoms with Crippen LogP contribution in [0.2, 0.25) is 5.15 Å². The van der Waals surface area contributed by atoms with E-state index in [2.05, 4.69) is 16.2 Å². The molecule has 182 valence electrons. The fraction of sp³-hybridized carbons (Fsp3) is 0.161. The molecule has 4 aromatic rings. The number of hydrogen-bond donors (Lipinski definition) is 0. The fourth-order valence-corrected chi connectivity index (χ4v) is 4.65. The first-order valence-electron chi connectivity index (χ1n) is 12.0. The highest BCUT2D eigenvalue weighted by atomic mass is 35.5. The van der Waals surface area contributed by atoms with Gasteiger partial charge in [0.15, 0.2) is 11.4 Å². The Labute approximate surface area is 221 Å². The summed E-state index contributed by atoms with van der Waals surface area (Å²) in [5, 5.41) is 14.5. The molecule has 5 nitrogen and oxygen atoms in total. The summed E-state index contributed by atoms with van der Waals surface area (Å²) in [6, 6.07) is 29.0. The lowest BCUT2D eigenvalue weighted by atomic mass is 9.87. The zero-order chi connectivity index (χ0) is 25.8. The Morgan fingerprint density at radius 2 is 1.78 bits per heavy atom. The molecule has 2 heterocycles. The van der Waals surface area contributed by atoms with Gasteiger partial charge in [-0.15, -0.1) is 0 Å². The summed E-state index contributed by atoms with van der Waals surface area (Å²) in [6.45, 7) is 2.01. The molecule has 0 amide bonds. The maximum absolute atomic E-state index is 13.4. The Hall–Kier alpha value is -4.27. The molecule has 0 aliphatic carbocycles. The minimum atomic E-state index is -0.594. The van der Waals surface area contributed by atoms with Crippen LogP contribution in [-0.2, 0) is 16.9 Å². The predicted octanol–water partition coefficient (Wildman–Crippen LogP) is 7.13. The van der Waals surface area contributed by atoms with Crippen LogP contribution in [0.5, 0.6) is 0 Å². The van der Waals surface area contributed by atoms with E-state index in [0.29, 0.717) is 35.5 Å². The molecule has 1 aliphatic rings. The molecule has 0 N–H and O–H groups in total. The van der Waals surface area contributed by atoms with E-state index in [4.69, 9.17) is 16.4 Å². The van der Waals surface area contributed by atoms with E-state index in [1.54, 1.807) is 18.3 Å². The van der Waals surface area contributed by atoms with Gasteiger partial charge in [-0.2, -0.15) is 5.26 Å². The number of rotatable bonds is 7. The van der Waals surface area contributed by atoms with Crippen LogP contribution in [0.15, 0.2) is 96.3 Å². The van der Waals surface area contributed by atoms with Crippen LogP contribution in [0.25, 0.3) is 11.1 Å². The first kappa shape index (κ1) is 24.4. The second-order valence-corrected chi connectivity index (χ2v) is 9.66. The molecule has 3 aromatic carbocycles. The van der Waals surface area contributed by atoms with E-state index in [-0.39, 0.29) is 5.78 Å². The summed E-state index contributed by atoms with van der Waals surface area (Å²) in [4.78, 5) is 23.4. The molecule has 0 radical (unpaired) electrons. The van der Waals surface area contributed by atoms with Crippen LogP contribution in [0.1, 0.15) is 52.4 Å². The van der Waals surface area contributed by atoms with E-state index in [1.165, 1.54) is 0 Å². The van der Waals surface area contributed by atoms with Crippen molar-refractivity contribution in [2.45, 2.75) is 31.8 Å². The summed E-state index contributed by atoms with van der Waals surface area (Å²) in [7, 11) is 0. The van der Waals surface area contributed by atoms with Crippen molar-refractivity contribution in [3.8, 4) is 17.2 Å². The van der Waals surface area contributed by atoms with Crippen LogP contribution in [0.4, 0.5) is 0 Å². The number of carbonyl (C=O) groups is 1. The number of ketones is 1. The molecule has 1 unspecified atom stereocenters. The van der Waals surface area contributed by atoms with Crippen molar-refractivity contribution < 1.29 is 9.63 Å². The molecular formula is C31H24ClN3O2. The zero-order valence-electron chi connectivity index (χ0n) is 20.3. The molecule has 0 saturated heterocycles. The summed E-state index contributed by atoms with van der Waals surface area (Å²) in [6.07, 6.45) is 3.12. The first-order chi connectivity index (χ1) is 17.9. The Bertz CT molecular complexity index is 1520. The number of benzene rings is 3. The largest absolute Gasteiger partial charge is 0.384 e. The van der Waals surface area contributed by atoms with Gasteiger partial charge in [-0.1, -0.05) is 71.4 Å². The SMILES string of the molecule is CC1(c2ccccc2)CC(c2cc(C(=O)CCc3ccc(Cl)nc3)cc(-c3ccccc3C#N)c2)=NO1. The molecule has 1 aliphatic heterocycles. The summed E-state index contributed by atoms with van der Waals surface area (Å²) < 4.78 is 0. The Morgan fingerprint density at radius 1 is 1.03 bits per heavy atom. The number of Topliss-reactive ketones (excluding diaryl/α,β-unsaturated/α-hetero) is 1. The number of nitriles is 1. The summed E-state index contributed by atoms with van der Waals surface area (Å²) in [5.74, 6) is -0.00201. The maximum atomic E-state index is 13.4. The van der Waals surface area contributed by atoms with E-state index in [0.717, 1.165) is 33.5 Å². The standard InChI is InChI=1S/C31H24ClN3O2/c1-31(26-8-3-2-4-9-26)18-28(35-37-31)24-15-23(27-10-6-5-7-22(27)19-33)16-25(17-24)29(36)13-11-21-12-14-30(32)34-20-21/h2-10,12,14-17,20H,11,13,18H2,1H3. The number of halogens is 1. The lowest BCUT2D eigenvalue weighted by molar-refractivity contribution is -0.00738. The highest BCUT2D eigenvalue weighted by molar-refractivity contribution is 6.29. The van der Waals surface area contributed by atoms with Crippen LogP contribution in [0, 0.1) is 11.3 Å². The van der Waals surface area contributed by atoms with Gasteiger partial charge in [0.2, 0.25) is 0 Å². The summed E-state index contributed by atoms with van der Waals surface area (Å²) in [5.41, 5.74) is 5.63. The van der Waals surface area contributed by atoms with E-state index in [9.17, 15) is 10.1 Å². The van der Waals surface area contributed by atoms with Gasteiger partial charge in [-0.25, -0.2) is 4.98 Å². The lowest BCUT2D eigenvalue weighted by Gasteiger charge is -2.21. The van der Waals surface area contributed by atoms with E-state index < -0.39 is 5.60 Å². The van der Waals surface area contributed by atoms with Crippen LogP contribution in [-0.4, -0.2) is 16.5 Å². The first-order valence-corrected chi connectivity index (χ1v) is 12.4. The van der Waals surface area contributed by atoms with E-state index >= 15 is 0 Å². The molecule has 1 aromatic heterocycles. The molecule has 0 spiro atoms. The molecule has 1 atom stereocenters. The predicted molar refractivity (Wildman–Crippen MR) is 145 cm³/mol. The Balaban J connectivity index is 1.49. The Kier molecular flexibility index (Phi) is 6.85. The van der Waals surface area contributed by atoms with Crippen molar-refractivity contribution in [2.24, 2.45) is 5.16 Å². The highest BCUT2D eigenvalue weighted by Gasteiger charge is 2.36. The van der Waals surface area contributed by atoms with Crippen LogP contribution in [0.3, 0.4) is 0 Å². The minimum Gasteiger partial charge on any atom is -0.384 e. The molecule has 0 bridgehead atoms. The molecule has 0 saturated carbocycles. The van der Waals surface area contributed by atoms with Crippen LogP contribution >= 0.6 is 11.6 Å². The highest BCUT2D eigenvalue weighted by Crippen LogP contribution is 2.37. The lowest BCUT2D eigenvalue weighted by Crippen LogP contribution is -2.21. The van der Waals surface area contributed by atoms with Gasteiger partial charge < -0.3 is 4.84 Å². The van der Waals surface area contributed by atoms with Crippen LogP contribution < -0.4 is 0 Å². The quantitative estimate of drug-likeness (QED) is 0.198. The average molecular weight is 506 g/mol. The minimum absolute atomic E-state index is 0.00201. The van der Waals surface area contributed by atoms with Crippen molar-refractivity contribution in [2.75, 3.05) is 0 Å². The topological polar surface area (TPSA) is 75.3 Å². The van der Waals surface area contributed by atoms with Crippen molar-refractivity contribution in [3.63, 3.8) is 0 Å². The van der Waals surface area contributed by atoms with Gasteiger partial charge in [0.1, 0.15) is 5.15 Å². The van der Waals surface area contributed by atoms with Crippen molar-refractivity contribution in [3.05, 3.63) is 124 Å². The molecule has 6 heteroatoms.